The number of nitrogens with zero attached hydrogens (tertiary/aromatic N) is 1. The van der Waals surface area contributed by atoms with Gasteiger partial charge in [0.25, 0.3) is 5.52 Å². The first kappa shape index (κ1) is 17.9. The van der Waals surface area contributed by atoms with E-state index in [9.17, 15) is 13.0 Å². The smallest absolute Gasteiger partial charge is 0.353 e. The second-order valence-electron chi connectivity index (χ2n) is 7.41. The normalized spacial score (nSPS) is 13.0. The molecule has 6 heteroatoms. The Balaban J connectivity index is 2.31. The fourth-order valence-corrected chi connectivity index (χ4v) is 3.61. The zero-order chi connectivity index (χ0) is 18.4. The maximum Gasteiger partial charge on any atom is 0.353 e. The largest absolute Gasteiger partial charge is 0.744 e. The summed E-state index contributed by atoms with van der Waals surface area (Å²) in [5, 5.41) is 1.49. The van der Waals surface area contributed by atoms with E-state index in [4.69, 9.17) is 4.42 Å². The number of aromatic nitrogens is 1. The molecule has 5 nitrogen and oxygen atoms in total. The average molecular weight is 361 g/mol. The zero-order valence-corrected chi connectivity index (χ0v) is 15.8. The van der Waals surface area contributed by atoms with E-state index < -0.39 is 10.1 Å². The Morgan fingerprint density at radius 1 is 1.16 bits per heavy atom. The highest BCUT2D eigenvalue weighted by Crippen LogP contribution is 2.31. The second-order valence-corrected chi connectivity index (χ2v) is 8.79. The van der Waals surface area contributed by atoms with Crippen LogP contribution in [-0.4, -0.2) is 13.0 Å². The Bertz CT molecular complexity index is 1040. The standard InChI is InChI=1S/C19H23NO4S/c1-5-6-11-20-16-10-7-13-12-14(25(21,22)23)8-9-15(13)17(16)24-18(20)19(2,3)4/h7-10,12H,5-6,11H2,1-4H3. The summed E-state index contributed by atoms with van der Waals surface area (Å²) in [5.74, 6) is 0.893. The van der Waals surface area contributed by atoms with Crippen molar-refractivity contribution in [2.24, 2.45) is 0 Å². The average Bonchev–Trinajstić information content (AvgIpc) is 2.90. The zero-order valence-electron chi connectivity index (χ0n) is 15.0. The minimum Gasteiger partial charge on any atom is -0.744 e. The summed E-state index contributed by atoms with van der Waals surface area (Å²) in [6, 6.07) is 8.19. The fraction of sp³-hybridized carbons (Fsp3) is 0.421. The molecule has 1 heterocycles. The predicted molar refractivity (Wildman–Crippen MR) is 95.5 cm³/mol. The summed E-state index contributed by atoms with van der Waals surface area (Å²) in [6.07, 6.45) is 2.13. The molecule has 0 saturated heterocycles. The van der Waals surface area contributed by atoms with Gasteiger partial charge in [0, 0.05) is 17.9 Å². The van der Waals surface area contributed by atoms with Crippen molar-refractivity contribution < 1.29 is 22.0 Å². The molecule has 0 radical (unpaired) electrons. The third-order valence-corrected chi connectivity index (χ3v) is 5.15. The van der Waals surface area contributed by atoms with Crippen LogP contribution in [0.25, 0.3) is 21.9 Å². The van der Waals surface area contributed by atoms with E-state index in [-0.39, 0.29) is 10.3 Å². The van der Waals surface area contributed by atoms with Gasteiger partial charge < -0.3 is 8.97 Å². The summed E-state index contributed by atoms with van der Waals surface area (Å²) in [4.78, 5) is -0.221. The molecule has 1 aromatic heterocycles. The van der Waals surface area contributed by atoms with Crippen LogP contribution in [0.15, 0.2) is 39.6 Å². The molecular weight excluding hydrogens is 338 g/mol. The molecule has 25 heavy (non-hydrogen) atoms. The van der Waals surface area contributed by atoms with Gasteiger partial charge in [0.2, 0.25) is 5.58 Å². The maximum absolute atomic E-state index is 11.3. The topological polar surface area (TPSA) is 74.2 Å². The molecule has 0 unspecified atom stereocenters. The number of hydrogen-bond donors (Lipinski definition) is 0. The van der Waals surface area contributed by atoms with E-state index in [1.165, 1.54) is 12.1 Å². The molecule has 0 N–H and O–H groups in total. The lowest BCUT2D eigenvalue weighted by Crippen LogP contribution is -2.41. The van der Waals surface area contributed by atoms with E-state index in [2.05, 4.69) is 32.3 Å². The van der Waals surface area contributed by atoms with Gasteiger partial charge in [-0.1, -0.05) is 13.3 Å². The third kappa shape index (κ3) is 3.28. The summed E-state index contributed by atoms with van der Waals surface area (Å²) < 4.78 is 42.2. The molecule has 2 aromatic carbocycles. The van der Waals surface area contributed by atoms with Crippen LogP contribution in [0, 0.1) is 0 Å². The van der Waals surface area contributed by atoms with Gasteiger partial charge in [0.05, 0.1) is 10.3 Å². The molecular formula is C19H23NO4S. The lowest BCUT2D eigenvalue weighted by atomic mass is 9.96. The molecule has 0 spiro atoms. The van der Waals surface area contributed by atoms with Gasteiger partial charge in [-0.2, -0.15) is 4.57 Å². The molecule has 0 aliphatic heterocycles. The van der Waals surface area contributed by atoms with Crippen LogP contribution in [0.2, 0.25) is 0 Å². The molecule has 0 saturated carbocycles. The highest BCUT2D eigenvalue weighted by atomic mass is 32.2. The van der Waals surface area contributed by atoms with Crippen molar-refractivity contribution in [3.05, 3.63) is 36.2 Å². The van der Waals surface area contributed by atoms with Gasteiger partial charge in [-0.05, 0) is 50.4 Å². The SMILES string of the molecule is CCCC[n+]1c(C(C)(C)C)oc2c3ccc(S(=O)(=O)[O-])cc3ccc21. The molecule has 0 atom stereocenters. The van der Waals surface area contributed by atoms with Crippen LogP contribution in [0.3, 0.4) is 0 Å². The van der Waals surface area contributed by atoms with E-state index in [0.29, 0.717) is 5.39 Å². The van der Waals surface area contributed by atoms with Gasteiger partial charge in [-0.25, -0.2) is 8.42 Å². The van der Waals surface area contributed by atoms with Gasteiger partial charge in [0.15, 0.2) is 6.54 Å². The summed E-state index contributed by atoms with van der Waals surface area (Å²) in [5.41, 5.74) is 1.56. The number of fused-ring (bicyclic) bond motifs is 3. The Morgan fingerprint density at radius 2 is 1.88 bits per heavy atom. The molecule has 0 amide bonds. The summed E-state index contributed by atoms with van der Waals surface area (Å²) >= 11 is 0. The summed E-state index contributed by atoms with van der Waals surface area (Å²) in [6.45, 7) is 9.35. The monoisotopic (exact) mass is 361 g/mol. The van der Waals surface area contributed by atoms with Crippen molar-refractivity contribution in [3.63, 3.8) is 0 Å². The number of unbranched alkanes of at least 4 members (excludes halogenated alkanes) is 1. The Labute approximate surface area is 148 Å². The Hall–Kier alpha value is -1.92. The lowest BCUT2D eigenvalue weighted by molar-refractivity contribution is -0.688. The van der Waals surface area contributed by atoms with E-state index in [0.717, 1.165) is 41.8 Å². The molecule has 3 rings (SSSR count). The van der Waals surface area contributed by atoms with Crippen LogP contribution in [0.4, 0.5) is 0 Å². The van der Waals surface area contributed by atoms with Crippen molar-refractivity contribution in [2.45, 2.75) is 57.4 Å². The number of rotatable bonds is 4. The lowest BCUT2D eigenvalue weighted by Gasteiger charge is -2.10. The van der Waals surface area contributed by atoms with Crippen LogP contribution >= 0.6 is 0 Å². The first-order valence-electron chi connectivity index (χ1n) is 8.48. The van der Waals surface area contributed by atoms with Crippen LogP contribution in [-0.2, 0) is 22.1 Å². The van der Waals surface area contributed by atoms with Crippen molar-refractivity contribution in [1.29, 1.82) is 0 Å². The van der Waals surface area contributed by atoms with Gasteiger partial charge in [-0.15, -0.1) is 0 Å². The maximum atomic E-state index is 11.3. The van der Waals surface area contributed by atoms with Crippen LogP contribution < -0.4 is 4.57 Å². The molecule has 0 fully saturated rings. The van der Waals surface area contributed by atoms with E-state index >= 15 is 0 Å². The van der Waals surface area contributed by atoms with Crippen molar-refractivity contribution in [2.75, 3.05) is 0 Å². The van der Waals surface area contributed by atoms with Crippen molar-refractivity contribution in [3.8, 4) is 0 Å². The minimum absolute atomic E-state index is 0.155. The first-order valence-corrected chi connectivity index (χ1v) is 9.89. The van der Waals surface area contributed by atoms with E-state index in [1.54, 1.807) is 6.07 Å². The van der Waals surface area contributed by atoms with Crippen LogP contribution in [0.1, 0.15) is 46.4 Å². The predicted octanol–water partition coefficient (Wildman–Crippen LogP) is 3.88. The molecule has 0 aliphatic carbocycles. The molecule has 0 bridgehead atoms. The number of benzene rings is 2. The van der Waals surface area contributed by atoms with Crippen LogP contribution in [0.5, 0.6) is 0 Å². The highest BCUT2D eigenvalue weighted by molar-refractivity contribution is 7.85. The fourth-order valence-electron chi connectivity index (χ4n) is 3.10. The van der Waals surface area contributed by atoms with Gasteiger partial charge >= 0.3 is 5.89 Å². The number of oxazole rings is 1. The number of hydrogen-bond acceptors (Lipinski definition) is 4. The Morgan fingerprint density at radius 3 is 2.48 bits per heavy atom. The molecule has 0 aliphatic rings. The van der Waals surface area contributed by atoms with Gasteiger partial charge in [0.1, 0.15) is 10.1 Å². The quantitative estimate of drug-likeness (QED) is 0.522. The minimum atomic E-state index is -4.47. The van der Waals surface area contributed by atoms with Crippen molar-refractivity contribution >= 4 is 32.0 Å². The Kier molecular flexibility index (Phi) is 4.37. The third-order valence-electron chi connectivity index (χ3n) is 4.32. The second kappa shape index (κ2) is 6.11. The van der Waals surface area contributed by atoms with E-state index in [1.807, 2.05) is 12.1 Å². The molecule has 3 aromatic rings. The first-order chi connectivity index (χ1) is 11.6. The van der Waals surface area contributed by atoms with Gasteiger partial charge in [-0.3, -0.25) is 0 Å². The number of aryl methyl sites for hydroxylation is 1. The molecule has 134 valence electrons. The highest BCUT2D eigenvalue weighted by Gasteiger charge is 2.33. The summed E-state index contributed by atoms with van der Waals surface area (Å²) in [7, 11) is -4.47. The van der Waals surface area contributed by atoms with Crippen molar-refractivity contribution in [1.82, 2.24) is 0 Å².